The first-order chi connectivity index (χ1) is 8.56. The molecule has 0 aliphatic carbocycles. The molecule has 1 aliphatic rings. The van der Waals surface area contributed by atoms with Crippen molar-refractivity contribution in [3.05, 3.63) is 23.7 Å². The van der Waals surface area contributed by atoms with Crippen molar-refractivity contribution in [1.29, 1.82) is 0 Å². The monoisotopic (exact) mass is 249 g/mol. The number of aliphatic imine (C=N–C) groups is 2. The molecule has 98 valence electrons. The van der Waals surface area contributed by atoms with Gasteiger partial charge in [-0.25, -0.2) is 9.98 Å². The van der Waals surface area contributed by atoms with Crippen LogP contribution in [0.25, 0.3) is 0 Å². The number of furan rings is 1. The minimum Gasteiger partial charge on any atom is -0.472 e. The summed E-state index contributed by atoms with van der Waals surface area (Å²) in [7, 11) is 1.98. The Morgan fingerprint density at radius 1 is 1.44 bits per heavy atom. The van der Waals surface area contributed by atoms with E-state index < -0.39 is 0 Å². The highest BCUT2D eigenvalue weighted by atomic mass is 16.3. The molecule has 1 aliphatic heterocycles. The molecule has 0 saturated heterocycles. The molecule has 0 amide bonds. The van der Waals surface area contributed by atoms with Crippen molar-refractivity contribution >= 4 is 11.9 Å². The summed E-state index contributed by atoms with van der Waals surface area (Å²) in [6.45, 7) is 4.79. The first-order valence-electron chi connectivity index (χ1n) is 5.97. The van der Waals surface area contributed by atoms with Gasteiger partial charge >= 0.3 is 0 Å². The molecule has 0 fully saturated rings. The molecule has 0 saturated carbocycles. The molecule has 18 heavy (non-hydrogen) atoms. The fourth-order valence-corrected chi connectivity index (χ4v) is 1.82. The molecule has 2 rings (SSSR count). The number of nitrogens with zero attached hydrogens (tertiary/aromatic N) is 3. The number of nitrogens with two attached hydrogens (primary N) is 1. The third kappa shape index (κ3) is 2.82. The third-order valence-corrected chi connectivity index (χ3v) is 2.91. The van der Waals surface area contributed by atoms with Crippen molar-refractivity contribution in [2.24, 2.45) is 15.7 Å². The lowest BCUT2D eigenvalue weighted by Crippen LogP contribution is -2.49. The summed E-state index contributed by atoms with van der Waals surface area (Å²) < 4.78 is 5.15. The van der Waals surface area contributed by atoms with Gasteiger partial charge in [-0.05, 0) is 31.4 Å². The first kappa shape index (κ1) is 12.5. The molecule has 1 unspecified atom stereocenters. The van der Waals surface area contributed by atoms with E-state index in [0.29, 0.717) is 5.96 Å². The Morgan fingerprint density at radius 2 is 2.22 bits per heavy atom. The number of rotatable bonds is 3. The maximum atomic E-state index is 5.68. The third-order valence-electron chi connectivity index (χ3n) is 2.91. The summed E-state index contributed by atoms with van der Waals surface area (Å²) in [5.74, 6) is 1.18. The molecule has 6 nitrogen and oxygen atoms in total. The number of nitrogens with one attached hydrogen (secondary N) is 1. The van der Waals surface area contributed by atoms with Crippen LogP contribution >= 0.6 is 0 Å². The molecular formula is C12H19N5O. The minimum absolute atomic E-state index is 0.126. The average Bonchev–Trinajstić information content (AvgIpc) is 2.70. The molecule has 2 heterocycles. The second-order valence-electron chi connectivity index (χ2n) is 4.48. The first-order valence-corrected chi connectivity index (χ1v) is 5.97. The van der Waals surface area contributed by atoms with E-state index in [1.54, 1.807) is 12.5 Å². The van der Waals surface area contributed by atoms with Gasteiger partial charge in [0, 0.05) is 13.6 Å². The summed E-state index contributed by atoms with van der Waals surface area (Å²) in [5.41, 5.74) is 8.08. The van der Waals surface area contributed by atoms with Gasteiger partial charge in [0.05, 0.1) is 12.5 Å². The van der Waals surface area contributed by atoms with Gasteiger partial charge in [0.1, 0.15) is 6.17 Å². The Labute approximate surface area is 107 Å². The fraction of sp³-hybridized carbons (Fsp3) is 0.500. The van der Waals surface area contributed by atoms with Crippen LogP contribution < -0.4 is 11.1 Å². The van der Waals surface area contributed by atoms with E-state index in [-0.39, 0.29) is 6.17 Å². The summed E-state index contributed by atoms with van der Waals surface area (Å²) in [6.07, 6.45) is 4.33. The molecule has 6 heteroatoms. The van der Waals surface area contributed by atoms with Crippen LogP contribution in [0.2, 0.25) is 0 Å². The maximum Gasteiger partial charge on any atom is 0.202 e. The smallest absolute Gasteiger partial charge is 0.202 e. The molecule has 1 aromatic heterocycles. The topological polar surface area (TPSA) is 79.2 Å². The summed E-state index contributed by atoms with van der Waals surface area (Å²) in [4.78, 5) is 10.5. The minimum atomic E-state index is -0.126. The highest BCUT2D eigenvalue weighted by molar-refractivity contribution is 5.99. The van der Waals surface area contributed by atoms with Crippen LogP contribution in [0.15, 0.2) is 26.9 Å². The van der Waals surface area contributed by atoms with Crippen LogP contribution in [0, 0.1) is 6.92 Å². The number of guanidine groups is 2. The number of hydrogen-bond donors (Lipinski definition) is 2. The predicted molar refractivity (Wildman–Crippen MR) is 71.4 cm³/mol. The van der Waals surface area contributed by atoms with Crippen LogP contribution in [-0.2, 0) is 6.42 Å². The van der Waals surface area contributed by atoms with Crippen molar-refractivity contribution in [2.45, 2.75) is 26.4 Å². The molecule has 3 N–H and O–H groups in total. The van der Waals surface area contributed by atoms with Gasteiger partial charge in [0.25, 0.3) is 0 Å². The zero-order chi connectivity index (χ0) is 13.1. The Hall–Kier alpha value is -1.98. The number of likely N-dealkylation sites (N-methyl/N-ethyl adjacent to an activating group) is 1. The molecular weight excluding hydrogens is 230 g/mol. The Morgan fingerprint density at radius 3 is 2.83 bits per heavy atom. The van der Waals surface area contributed by atoms with Crippen LogP contribution in [0.1, 0.15) is 18.1 Å². The van der Waals surface area contributed by atoms with E-state index in [1.165, 1.54) is 11.1 Å². The molecule has 1 atom stereocenters. The van der Waals surface area contributed by atoms with E-state index in [1.807, 2.05) is 25.8 Å². The van der Waals surface area contributed by atoms with E-state index in [2.05, 4.69) is 15.3 Å². The van der Waals surface area contributed by atoms with E-state index in [9.17, 15) is 0 Å². The van der Waals surface area contributed by atoms with Crippen LogP contribution in [0.4, 0.5) is 0 Å². The molecule has 0 aromatic carbocycles. The standard InChI is InChI=1S/C12H19N5O/c1-8-6-18-7-10(8)4-5-17(3)12-15-9(2)14-11(13)16-12/h6-7,9H,4-5H2,1-3H3,(H3,13,14,15,16). The van der Waals surface area contributed by atoms with E-state index >= 15 is 0 Å². The highest BCUT2D eigenvalue weighted by Crippen LogP contribution is 2.10. The van der Waals surface area contributed by atoms with Gasteiger partial charge in [0.15, 0.2) is 5.96 Å². The SMILES string of the molecule is Cc1cocc1CCN(C)C1=NC(C)N=C(N)N1. The number of hydrogen-bond acceptors (Lipinski definition) is 6. The highest BCUT2D eigenvalue weighted by Gasteiger charge is 2.14. The average molecular weight is 249 g/mol. The maximum absolute atomic E-state index is 5.68. The van der Waals surface area contributed by atoms with Gasteiger partial charge in [-0.2, -0.15) is 0 Å². The lowest BCUT2D eigenvalue weighted by Gasteiger charge is -2.25. The van der Waals surface area contributed by atoms with Crippen molar-refractivity contribution in [3.63, 3.8) is 0 Å². The summed E-state index contributed by atoms with van der Waals surface area (Å²) in [6, 6.07) is 0. The normalized spacial score (nSPS) is 18.9. The zero-order valence-corrected chi connectivity index (χ0v) is 11.0. The van der Waals surface area contributed by atoms with Gasteiger partial charge in [0.2, 0.25) is 5.96 Å². The van der Waals surface area contributed by atoms with E-state index in [0.717, 1.165) is 18.9 Å². The van der Waals surface area contributed by atoms with Crippen LogP contribution in [0.5, 0.6) is 0 Å². The van der Waals surface area contributed by atoms with Crippen LogP contribution in [-0.4, -0.2) is 36.6 Å². The summed E-state index contributed by atoms with van der Waals surface area (Å²) in [5, 5.41) is 2.97. The molecule has 0 radical (unpaired) electrons. The molecule has 0 spiro atoms. The Bertz CT molecular complexity index is 477. The summed E-state index contributed by atoms with van der Waals surface area (Å²) >= 11 is 0. The Balaban J connectivity index is 1.93. The molecule has 0 bridgehead atoms. The lowest BCUT2D eigenvalue weighted by atomic mass is 10.1. The largest absolute Gasteiger partial charge is 0.472 e. The van der Waals surface area contributed by atoms with Crippen molar-refractivity contribution in [2.75, 3.05) is 13.6 Å². The number of aryl methyl sites for hydroxylation is 1. The van der Waals surface area contributed by atoms with Gasteiger partial charge in [-0.3, -0.25) is 5.32 Å². The van der Waals surface area contributed by atoms with Gasteiger partial charge in [-0.15, -0.1) is 0 Å². The van der Waals surface area contributed by atoms with Crippen molar-refractivity contribution in [1.82, 2.24) is 10.2 Å². The zero-order valence-electron chi connectivity index (χ0n) is 11.0. The lowest BCUT2D eigenvalue weighted by molar-refractivity contribution is 0.483. The van der Waals surface area contributed by atoms with Gasteiger partial charge in [-0.1, -0.05) is 0 Å². The second kappa shape index (κ2) is 5.12. The fourth-order valence-electron chi connectivity index (χ4n) is 1.82. The van der Waals surface area contributed by atoms with Crippen molar-refractivity contribution < 1.29 is 4.42 Å². The molecule has 1 aromatic rings. The predicted octanol–water partition coefficient (Wildman–Crippen LogP) is 0.682. The Kier molecular flexibility index (Phi) is 3.55. The van der Waals surface area contributed by atoms with E-state index in [4.69, 9.17) is 10.2 Å². The quantitative estimate of drug-likeness (QED) is 0.825. The van der Waals surface area contributed by atoms with Crippen molar-refractivity contribution in [3.8, 4) is 0 Å². The van der Waals surface area contributed by atoms with Gasteiger partial charge < -0.3 is 15.1 Å². The van der Waals surface area contributed by atoms with Crippen LogP contribution in [0.3, 0.4) is 0 Å². The second-order valence-corrected chi connectivity index (χ2v) is 4.48.